The third-order valence-electron chi connectivity index (χ3n) is 4.06. The van der Waals surface area contributed by atoms with Gasteiger partial charge in [-0.25, -0.2) is 0 Å². The van der Waals surface area contributed by atoms with Gasteiger partial charge in [-0.3, -0.25) is 20.4 Å². The maximum absolute atomic E-state index is 12.3. The third kappa shape index (κ3) is 5.26. The van der Waals surface area contributed by atoms with Crippen molar-refractivity contribution in [2.24, 2.45) is 0 Å². The molecule has 2 amide bonds. The number of ether oxygens (including phenoxy) is 2. The number of methoxy groups -OCH3 is 1. The van der Waals surface area contributed by atoms with Crippen molar-refractivity contribution < 1.29 is 24.2 Å². The van der Waals surface area contributed by atoms with Gasteiger partial charge in [0.1, 0.15) is 12.4 Å². The smallest absolute Gasteiger partial charge is 0.269 e. The lowest BCUT2D eigenvalue weighted by molar-refractivity contribution is 0.0846. The summed E-state index contributed by atoms with van der Waals surface area (Å²) in [4.78, 5) is 24.4. The van der Waals surface area contributed by atoms with Crippen molar-refractivity contribution in [1.82, 2.24) is 10.9 Å². The molecular formula is C22H20N2O5. The molecule has 0 bridgehead atoms. The summed E-state index contributed by atoms with van der Waals surface area (Å²) < 4.78 is 11.1. The highest BCUT2D eigenvalue weighted by atomic mass is 16.5. The minimum Gasteiger partial charge on any atom is -0.508 e. The van der Waals surface area contributed by atoms with E-state index < -0.39 is 11.8 Å². The number of amides is 2. The van der Waals surface area contributed by atoms with Gasteiger partial charge >= 0.3 is 0 Å². The first-order valence-corrected chi connectivity index (χ1v) is 8.81. The lowest BCUT2D eigenvalue weighted by Gasteiger charge is -2.13. The predicted octanol–water partition coefficient (Wildman–Crippen LogP) is 3.05. The zero-order chi connectivity index (χ0) is 20.6. The Labute approximate surface area is 167 Å². The number of hydrazine groups is 1. The van der Waals surface area contributed by atoms with E-state index in [0.717, 1.165) is 5.56 Å². The largest absolute Gasteiger partial charge is 0.508 e. The van der Waals surface area contributed by atoms with E-state index >= 15 is 0 Å². The van der Waals surface area contributed by atoms with Gasteiger partial charge in [-0.05, 0) is 42.0 Å². The Kier molecular flexibility index (Phi) is 6.32. The van der Waals surface area contributed by atoms with Crippen LogP contribution in [-0.2, 0) is 6.61 Å². The SMILES string of the molecule is COc1cc(C(=O)NNC(=O)c2cccc(O)c2)ccc1OCc1ccccc1. The highest BCUT2D eigenvalue weighted by Gasteiger charge is 2.13. The number of phenols is 1. The first kappa shape index (κ1) is 19.8. The van der Waals surface area contributed by atoms with Gasteiger partial charge < -0.3 is 14.6 Å². The van der Waals surface area contributed by atoms with Gasteiger partial charge in [-0.15, -0.1) is 0 Å². The number of benzene rings is 3. The van der Waals surface area contributed by atoms with Crippen LogP contribution in [0.15, 0.2) is 72.8 Å². The molecule has 0 aliphatic carbocycles. The molecule has 148 valence electrons. The second kappa shape index (κ2) is 9.27. The average molecular weight is 392 g/mol. The molecule has 0 heterocycles. The molecule has 0 saturated heterocycles. The molecule has 0 saturated carbocycles. The highest BCUT2D eigenvalue weighted by Crippen LogP contribution is 2.28. The average Bonchev–Trinajstić information content (AvgIpc) is 2.76. The van der Waals surface area contributed by atoms with E-state index in [9.17, 15) is 14.7 Å². The molecule has 3 aromatic carbocycles. The minimum atomic E-state index is -0.552. The standard InChI is InChI=1S/C22H20N2O5/c1-28-20-13-17(10-11-19(20)29-14-15-6-3-2-4-7-15)22(27)24-23-21(26)16-8-5-9-18(25)12-16/h2-13,25H,14H2,1H3,(H,23,26)(H,24,27). The number of carbonyl (C=O) groups excluding carboxylic acids is 2. The first-order chi connectivity index (χ1) is 14.1. The molecule has 0 atom stereocenters. The van der Waals surface area contributed by atoms with Gasteiger partial charge in [0.2, 0.25) is 0 Å². The normalized spacial score (nSPS) is 10.1. The van der Waals surface area contributed by atoms with Crippen LogP contribution in [0.4, 0.5) is 0 Å². The fourth-order valence-electron chi connectivity index (χ4n) is 2.57. The van der Waals surface area contributed by atoms with Crippen molar-refractivity contribution in [2.75, 3.05) is 7.11 Å². The number of phenolic OH excluding ortho intramolecular Hbond substituents is 1. The molecule has 0 aliphatic heterocycles. The summed E-state index contributed by atoms with van der Waals surface area (Å²) in [5.41, 5.74) is 6.13. The quantitative estimate of drug-likeness (QED) is 0.560. The van der Waals surface area contributed by atoms with Crippen molar-refractivity contribution in [3.05, 3.63) is 89.5 Å². The van der Waals surface area contributed by atoms with Crippen LogP contribution in [0, 0.1) is 0 Å². The molecular weight excluding hydrogens is 372 g/mol. The second-order valence-corrected chi connectivity index (χ2v) is 6.10. The van der Waals surface area contributed by atoms with Gasteiger partial charge in [0.05, 0.1) is 7.11 Å². The lowest BCUT2D eigenvalue weighted by Crippen LogP contribution is -2.41. The van der Waals surface area contributed by atoms with Crippen LogP contribution in [0.2, 0.25) is 0 Å². The zero-order valence-electron chi connectivity index (χ0n) is 15.7. The zero-order valence-corrected chi connectivity index (χ0v) is 15.7. The van der Waals surface area contributed by atoms with E-state index in [1.165, 1.54) is 37.4 Å². The molecule has 29 heavy (non-hydrogen) atoms. The molecule has 0 radical (unpaired) electrons. The van der Waals surface area contributed by atoms with Crippen LogP contribution >= 0.6 is 0 Å². The topological polar surface area (TPSA) is 96.9 Å². The minimum absolute atomic E-state index is 0.0418. The Morgan fingerprint density at radius 3 is 2.17 bits per heavy atom. The Morgan fingerprint density at radius 2 is 1.52 bits per heavy atom. The van der Waals surface area contributed by atoms with Crippen molar-refractivity contribution in [1.29, 1.82) is 0 Å². The van der Waals surface area contributed by atoms with E-state index in [1.807, 2.05) is 30.3 Å². The lowest BCUT2D eigenvalue weighted by atomic mass is 10.2. The van der Waals surface area contributed by atoms with Crippen molar-refractivity contribution in [3.8, 4) is 17.2 Å². The van der Waals surface area contributed by atoms with Crippen LogP contribution in [-0.4, -0.2) is 24.0 Å². The van der Waals surface area contributed by atoms with Gasteiger partial charge in [0, 0.05) is 11.1 Å². The maximum Gasteiger partial charge on any atom is 0.269 e. The van der Waals surface area contributed by atoms with Crippen LogP contribution in [0.1, 0.15) is 26.3 Å². The number of aromatic hydroxyl groups is 1. The summed E-state index contributed by atoms with van der Waals surface area (Å²) in [6.45, 7) is 0.364. The number of nitrogens with one attached hydrogen (secondary N) is 2. The molecule has 7 nitrogen and oxygen atoms in total. The molecule has 7 heteroatoms. The molecule has 3 N–H and O–H groups in total. The van der Waals surface area contributed by atoms with E-state index in [1.54, 1.807) is 12.1 Å². The van der Waals surface area contributed by atoms with Crippen LogP contribution in [0.5, 0.6) is 17.2 Å². The molecule has 3 aromatic rings. The van der Waals surface area contributed by atoms with Crippen molar-refractivity contribution in [2.45, 2.75) is 6.61 Å². The fraction of sp³-hybridized carbons (Fsp3) is 0.0909. The van der Waals surface area contributed by atoms with E-state index in [0.29, 0.717) is 18.1 Å². The molecule has 0 aromatic heterocycles. The molecule has 0 fully saturated rings. The van der Waals surface area contributed by atoms with Crippen molar-refractivity contribution >= 4 is 11.8 Å². The Balaban J connectivity index is 1.62. The Hall–Kier alpha value is -4.00. The number of rotatable bonds is 6. The summed E-state index contributed by atoms with van der Waals surface area (Å²) in [6, 6.07) is 20.2. The monoisotopic (exact) mass is 392 g/mol. The van der Waals surface area contributed by atoms with E-state index in [-0.39, 0.29) is 16.9 Å². The highest BCUT2D eigenvalue weighted by molar-refractivity contribution is 5.99. The molecule has 0 aliphatic rings. The first-order valence-electron chi connectivity index (χ1n) is 8.81. The van der Waals surface area contributed by atoms with E-state index in [2.05, 4.69) is 10.9 Å². The maximum atomic E-state index is 12.3. The second-order valence-electron chi connectivity index (χ2n) is 6.10. The number of hydrogen-bond donors (Lipinski definition) is 3. The van der Waals surface area contributed by atoms with Gasteiger partial charge in [0.15, 0.2) is 11.5 Å². The van der Waals surface area contributed by atoms with E-state index in [4.69, 9.17) is 9.47 Å². The van der Waals surface area contributed by atoms with Crippen LogP contribution in [0.3, 0.4) is 0 Å². The summed E-state index contributed by atoms with van der Waals surface area (Å²) >= 11 is 0. The summed E-state index contributed by atoms with van der Waals surface area (Å²) in [6.07, 6.45) is 0. The van der Waals surface area contributed by atoms with Gasteiger partial charge in [-0.1, -0.05) is 36.4 Å². The number of carbonyl (C=O) groups is 2. The Morgan fingerprint density at radius 1 is 0.828 bits per heavy atom. The van der Waals surface area contributed by atoms with Crippen molar-refractivity contribution in [3.63, 3.8) is 0 Å². The number of hydrogen-bond acceptors (Lipinski definition) is 5. The predicted molar refractivity (Wildman–Crippen MR) is 107 cm³/mol. The molecule has 3 rings (SSSR count). The molecule has 0 unspecified atom stereocenters. The van der Waals surface area contributed by atoms with Crippen LogP contribution < -0.4 is 20.3 Å². The summed E-state index contributed by atoms with van der Waals surface area (Å²) in [7, 11) is 1.48. The molecule has 0 spiro atoms. The van der Waals surface area contributed by atoms with Gasteiger partial charge in [-0.2, -0.15) is 0 Å². The Bertz CT molecular complexity index is 1010. The summed E-state index contributed by atoms with van der Waals surface area (Å²) in [5.74, 6) is -0.222. The fourth-order valence-corrected chi connectivity index (χ4v) is 2.57. The third-order valence-corrected chi connectivity index (χ3v) is 4.06. The summed E-state index contributed by atoms with van der Waals surface area (Å²) in [5, 5.41) is 9.42. The van der Waals surface area contributed by atoms with Crippen LogP contribution in [0.25, 0.3) is 0 Å². The van der Waals surface area contributed by atoms with Gasteiger partial charge in [0.25, 0.3) is 11.8 Å².